The van der Waals surface area contributed by atoms with Crippen molar-refractivity contribution in [3.05, 3.63) is 52.8 Å². The lowest BCUT2D eigenvalue weighted by molar-refractivity contribution is 0.0684. The summed E-state index contributed by atoms with van der Waals surface area (Å²) in [4.78, 5) is 23.6. The maximum Gasteiger partial charge on any atom is 0.272 e. The van der Waals surface area contributed by atoms with Gasteiger partial charge in [0.2, 0.25) is 5.95 Å². The number of benzene rings is 1. The number of anilines is 1. The molecule has 0 unspecified atom stereocenters. The molecule has 138 valence electrons. The molecule has 2 aromatic rings. The molecule has 27 heavy (non-hydrogen) atoms. The summed E-state index contributed by atoms with van der Waals surface area (Å²) in [5.41, 5.74) is 8.70. The monoisotopic (exact) mass is 361 g/mol. The van der Waals surface area contributed by atoms with E-state index in [9.17, 15) is 10.1 Å². The minimum absolute atomic E-state index is 0.0816. The fourth-order valence-corrected chi connectivity index (χ4v) is 4.25. The minimum Gasteiger partial charge on any atom is -0.368 e. The van der Waals surface area contributed by atoms with E-state index in [0.29, 0.717) is 31.6 Å². The van der Waals surface area contributed by atoms with Crippen molar-refractivity contribution in [3.8, 4) is 6.07 Å². The first-order valence-electron chi connectivity index (χ1n) is 9.54. The number of nitrogens with two attached hydrogens (primary N) is 1. The van der Waals surface area contributed by atoms with Crippen molar-refractivity contribution in [3.63, 3.8) is 0 Å². The molecule has 1 aliphatic heterocycles. The van der Waals surface area contributed by atoms with Gasteiger partial charge in [-0.3, -0.25) is 4.79 Å². The summed E-state index contributed by atoms with van der Waals surface area (Å²) in [6, 6.07) is 12.4. The van der Waals surface area contributed by atoms with Gasteiger partial charge in [0.15, 0.2) is 0 Å². The fourth-order valence-electron chi connectivity index (χ4n) is 4.25. The van der Waals surface area contributed by atoms with Crippen LogP contribution in [0.4, 0.5) is 5.95 Å². The van der Waals surface area contributed by atoms with Crippen LogP contribution >= 0.6 is 0 Å². The molecular weight excluding hydrogens is 338 g/mol. The lowest BCUT2D eigenvalue weighted by Gasteiger charge is -2.37. The first kappa shape index (κ1) is 17.5. The Labute approximate surface area is 159 Å². The third kappa shape index (κ3) is 3.14. The van der Waals surface area contributed by atoms with Gasteiger partial charge in [0.25, 0.3) is 5.91 Å². The Morgan fingerprint density at radius 1 is 1.11 bits per heavy atom. The van der Waals surface area contributed by atoms with E-state index in [1.165, 1.54) is 0 Å². The average molecular weight is 361 g/mol. The Morgan fingerprint density at radius 3 is 2.52 bits per heavy atom. The van der Waals surface area contributed by atoms with Crippen LogP contribution < -0.4 is 5.73 Å². The Kier molecular flexibility index (Phi) is 4.53. The molecule has 1 aromatic heterocycles. The average Bonchev–Trinajstić information content (AvgIpc) is 2.73. The van der Waals surface area contributed by atoms with Crippen molar-refractivity contribution in [1.82, 2.24) is 14.9 Å². The Balaban J connectivity index is 1.56. The summed E-state index contributed by atoms with van der Waals surface area (Å²) in [7, 11) is 0. The Hall–Kier alpha value is -2.94. The van der Waals surface area contributed by atoms with E-state index in [-0.39, 0.29) is 11.9 Å². The van der Waals surface area contributed by atoms with Crippen LogP contribution in [-0.2, 0) is 18.3 Å². The number of nitrogens with zero attached hydrogens (tertiary/aromatic N) is 4. The van der Waals surface area contributed by atoms with E-state index >= 15 is 0 Å². The zero-order valence-electron chi connectivity index (χ0n) is 15.3. The van der Waals surface area contributed by atoms with E-state index in [2.05, 4.69) is 16.0 Å². The number of rotatable bonds is 2. The van der Waals surface area contributed by atoms with Gasteiger partial charge in [-0.25, -0.2) is 9.97 Å². The molecule has 2 heterocycles. The van der Waals surface area contributed by atoms with E-state index in [1.807, 2.05) is 35.2 Å². The van der Waals surface area contributed by atoms with Gasteiger partial charge >= 0.3 is 0 Å². The highest BCUT2D eigenvalue weighted by molar-refractivity contribution is 5.94. The molecule has 1 saturated heterocycles. The van der Waals surface area contributed by atoms with Crippen LogP contribution in [0.3, 0.4) is 0 Å². The van der Waals surface area contributed by atoms with Crippen molar-refractivity contribution < 1.29 is 4.79 Å². The van der Waals surface area contributed by atoms with Crippen molar-refractivity contribution >= 4 is 11.9 Å². The molecule has 1 fully saturated rings. The number of aryl methyl sites for hydroxylation is 1. The van der Waals surface area contributed by atoms with Crippen molar-refractivity contribution in [2.45, 2.75) is 43.9 Å². The maximum atomic E-state index is 13.2. The van der Waals surface area contributed by atoms with Crippen LogP contribution in [0.5, 0.6) is 0 Å². The quantitative estimate of drug-likeness (QED) is 0.887. The lowest BCUT2D eigenvalue weighted by atomic mass is 9.74. The van der Waals surface area contributed by atoms with Gasteiger partial charge in [-0.05, 0) is 44.1 Å². The van der Waals surface area contributed by atoms with Gasteiger partial charge in [-0.1, -0.05) is 30.3 Å². The van der Waals surface area contributed by atoms with Gasteiger partial charge in [0, 0.05) is 24.3 Å². The van der Waals surface area contributed by atoms with Crippen molar-refractivity contribution in [1.29, 1.82) is 5.26 Å². The van der Waals surface area contributed by atoms with Gasteiger partial charge in [0.05, 0.1) is 11.5 Å². The summed E-state index contributed by atoms with van der Waals surface area (Å²) in [6.45, 7) is 1.08. The smallest absolute Gasteiger partial charge is 0.272 e. The second kappa shape index (κ2) is 6.99. The molecule has 2 aliphatic rings. The standard InChI is InChI=1S/C21H23N5O/c22-14-21(15-6-2-1-3-7-15)10-12-26(13-11-21)19(27)18-16-8-4-5-9-17(16)24-20(23)25-18/h1-3,6-7H,4-5,8-13H2,(H2,23,24,25). The van der Waals surface area contributed by atoms with Crippen LogP contribution in [0.25, 0.3) is 0 Å². The number of nitrogen functional groups attached to an aromatic ring is 1. The predicted molar refractivity (Wildman–Crippen MR) is 102 cm³/mol. The van der Waals surface area contributed by atoms with E-state index in [4.69, 9.17) is 5.73 Å². The number of carbonyl (C=O) groups is 1. The second-order valence-corrected chi connectivity index (χ2v) is 7.41. The SMILES string of the molecule is N#CC1(c2ccccc2)CCN(C(=O)c2nc(N)nc3c2CCCC3)CC1. The summed E-state index contributed by atoms with van der Waals surface area (Å²) in [5, 5.41) is 9.84. The number of carbonyl (C=O) groups excluding carboxylic acids is 1. The number of piperidine rings is 1. The van der Waals surface area contributed by atoms with Crippen LogP contribution in [-0.4, -0.2) is 33.9 Å². The molecule has 0 saturated carbocycles. The third-order valence-electron chi connectivity index (χ3n) is 5.85. The van der Waals surface area contributed by atoms with Crippen LogP contribution in [0.1, 0.15) is 53.0 Å². The molecule has 2 N–H and O–H groups in total. The van der Waals surface area contributed by atoms with E-state index in [0.717, 1.165) is 42.5 Å². The number of hydrogen-bond donors (Lipinski definition) is 1. The number of amides is 1. The Bertz CT molecular complexity index is 895. The highest BCUT2D eigenvalue weighted by atomic mass is 16.2. The molecule has 6 nitrogen and oxygen atoms in total. The summed E-state index contributed by atoms with van der Waals surface area (Å²) in [5.74, 6) is 0.0912. The highest BCUT2D eigenvalue weighted by Crippen LogP contribution is 2.35. The largest absolute Gasteiger partial charge is 0.368 e. The third-order valence-corrected chi connectivity index (χ3v) is 5.85. The second-order valence-electron chi connectivity index (χ2n) is 7.41. The summed E-state index contributed by atoms with van der Waals surface area (Å²) >= 11 is 0. The lowest BCUT2D eigenvalue weighted by Crippen LogP contribution is -2.45. The fraction of sp³-hybridized carbons (Fsp3) is 0.429. The van der Waals surface area contributed by atoms with Gasteiger partial charge in [-0.15, -0.1) is 0 Å². The predicted octanol–water partition coefficient (Wildman–Crippen LogP) is 2.64. The molecule has 0 radical (unpaired) electrons. The molecular formula is C21H23N5O. The normalized spacial score (nSPS) is 18.4. The summed E-state index contributed by atoms with van der Waals surface area (Å²) in [6.07, 6.45) is 5.06. The number of hydrogen-bond acceptors (Lipinski definition) is 5. The van der Waals surface area contributed by atoms with Gasteiger partial charge < -0.3 is 10.6 Å². The topological polar surface area (TPSA) is 95.9 Å². The number of likely N-dealkylation sites (tertiary alicyclic amines) is 1. The van der Waals surface area contributed by atoms with E-state index in [1.54, 1.807) is 0 Å². The van der Waals surface area contributed by atoms with Crippen molar-refractivity contribution in [2.75, 3.05) is 18.8 Å². The molecule has 0 spiro atoms. The van der Waals surface area contributed by atoms with Crippen LogP contribution in [0.15, 0.2) is 30.3 Å². The molecule has 1 amide bonds. The molecule has 1 aliphatic carbocycles. The first-order valence-corrected chi connectivity index (χ1v) is 9.54. The summed E-state index contributed by atoms with van der Waals surface area (Å²) < 4.78 is 0. The Morgan fingerprint density at radius 2 is 1.81 bits per heavy atom. The zero-order valence-corrected chi connectivity index (χ0v) is 15.3. The van der Waals surface area contributed by atoms with Crippen LogP contribution in [0.2, 0.25) is 0 Å². The van der Waals surface area contributed by atoms with Gasteiger partial charge in [0.1, 0.15) is 5.69 Å². The maximum absolute atomic E-state index is 13.2. The van der Waals surface area contributed by atoms with Gasteiger partial charge in [-0.2, -0.15) is 5.26 Å². The number of aromatic nitrogens is 2. The van der Waals surface area contributed by atoms with E-state index < -0.39 is 5.41 Å². The van der Waals surface area contributed by atoms with Crippen molar-refractivity contribution in [2.24, 2.45) is 0 Å². The number of nitriles is 1. The van der Waals surface area contributed by atoms with Crippen LogP contribution in [0, 0.1) is 11.3 Å². The molecule has 6 heteroatoms. The molecule has 4 rings (SSSR count). The first-order chi connectivity index (χ1) is 13.1. The molecule has 0 atom stereocenters. The number of fused-ring (bicyclic) bond motifs is 1. The minimum atomic E-state index is -0.526. The highest BCUT2D eigenvalue weighted by Gasteiger charge is 2.38. The molecule has 1 aromatic carbocycles. The zero-order chi connectivity index (χ0) is 18.9. The molecule has 0 bridgehead atoms.